The molecule has 7 heteroatoms. The molecule has 134 valence electrons. The Hall–Kier alpha value is -1.99. The van der Waals surface area contributed by atoms with Crippen LogP contribution in [0.1, 0.15) is 37.4 Å². The lowest BCUT2D eigenvalue weighted by Crippen LogP contribution is -2.43. The number of aliphatic hydroxyl groups excluding tert-OH is 1. The first-order chi connectivity index (χ1) is 12.2. The normalized spacial score (nSPS) is 21.3. The van der Waals surface area contributed by atoms with Gasteiger partial charge in [0.15, 0.2) is 5.65 Å². The minimum atomic E-state index is -0.465. The largest absolute Gasteiger partial charge is 0.390 e. The second-order valence-electron chi connectivity index (χ2n) is 7.16. The van der Waals surface area contributed by atoms with Crippen LogP contribution in [0.5, 0.6) is 0 Å². The van der Waals surface area contributed by atoms with Crippen LogP contribution in [0.25, 0.3) is 5.65 Å². The number of piperidine rings is 1. The molecule has 0 aliphatic carbocycles. The minimum absolute atomic E-state index is 0.177. The van der Waals surface area contributed by atoms with Crippen LogP contribution in [0.4, 0.5) is 0 Å². The Morgan fingerprint density at radius 1 is 1.16 bits per heavy atom. The van der Waals surface area contributed by atoms with Gasteiger partial charge in [0.25, 0.3) is 0 Å². The molecule has 2 aliphatic rings. The van der Waals surface area contributed by atoms with E-state index in [1.165, 1.54) is 0 Å². The van der Waals surface area contributed by atoms with Crippen LogP contribution >= 0.6 is 0 Å². The van der Waals surface area contributed by atoms with E-state index in [2.05, 4.69) is 19.5 Å². The van der Waals surface area contributed by atoms with Crippen molar-refractivity contribution in [1.29, 1.82) is 0 Å². The van der Waals surface area contributed by atoms with Gasteiger partial charge in [-0.2, -0.15) is 0 Å². The van der Waals surface area contributed by atoms with E-state index >= 15 is 0 Å². The molecule has 1 atom stereocenters. The number of hydrogen-bond acceptors (Lipinski definition) is 5. The van der Waals surface area contributed by atoms with Crippen LogP contribution < -0.4 is 0 Å². The second kappa shape index (κ2) is 7.09. The van der Waals surface area contributed by atoms with Crippen LogP contribution in [0.2, 0.25) is 0 Å². The Kier molecular flexibility index (Phi) is 4.67. The molecule has 25 heavy (non-hydrogen) atoms. The summed E-state index contributed by atoms with van der Waals surface area (Å²) in [7, 11) is 0. The van der Waals surface area contributed by atoms with Crippen molar-refractivity contribution in [2.45, 2.75) is 37.7 Å². The Balaban J connectivity index is 1.30. The average molecular weight is 343 g/mol. The van der Waals surface area contributed by atoms with Crippen molar-refractivity contribution >= 4 is 11.6 Å². The lowest BCUT2D eigenvalue weighted by molar-refractivity contribution is -0.129. The number of amides is 1. The number of aliphatic hydroxyl groups is 1. The lowest BCUT2D eigenvalue weighted by atomic mass is 9.95. The zero-order valence-electron chi connectivity index (χ0n) is 14.4. The topological polar surface area (TPSA) is 74.0 Å². The molecule has 7 nitrogen and oxygen atoms in total. The van der Waals surface area contributed by atoms with Gasteiger partial charge in [-0.15, -0.1) is 10.2 Å². The highest BCUT2D eigenvalue weighted by Gasteiger charge is 2.27. The zero-order chi connectivity index (χ0) is 17.2. The molecule has 0 radical (unpaired) electrons. The molecular formula is C18H25N5O2. The predicted molar refractivity (Wildman–Crippen MR) is 93.2 cm³/mol. The highest BCUT2D eigenvalue weighted by atomic mass is 16.3. The van der Waals surface area contributed by atoms with Crippen LogP contribution in [-0.2, 0) is 4.79 Å². The lowest BCUT2D eigenvalue weighted by Gasteiger charge is -2.33. The number of carbonyl (C=O) groups is 1. The fourth-order valence-corrected chi connectivity index (χ4v) is 4.02. The van der Waals surface area contributed by atoms with Gasteiger partial charge in [0.1, 0.15) is 5.82 Å². The number of pyridine rings is 1. The van der Waals surface area contributed by atoms with Gasteiger partial charge in [0.05, 0.1) is 6.10 Å². The maximum Gasteiger partial charge on any atom is 0.222 e. The van der Waals surface area contributed by atoms with E-state index in [1.54, 1.807) is 4.90 Å². The standard InChI is InChI=1S/C18H25N5O2/c24-15(13-22-8-3-5-17(22)25)12-21-10-6-14(7-11-21)18-20-19-16-4-1-2-9-23(16)18/h1-2,4,9,14-15,24H,3,5-8,10-13H2. The molecule has 1 unspecified atom stereocenters. The number of carbonyl (C=O) groups excluding carboxylic acids is 1. The fraction of sp³-hybridized carbons (Fsp3) is 0.611. The third-order valence-corrected chi connectivity index (χ3v) is 5.36. The molecule has 4 heterocycles. The summed E-state index contributed by atoms with van der Waals surface area (Å²) in [5.74, 6) is 1.63. The van der Waals surface area contributed by atoms with E-state index in [9.17, 15) is 9.90 Å². The van der Waals surface area contributed by atoms with E-state index < -0.39 is 6.10 Å². The molecule has 0 spiro atoms. The van der Waals surface area contributed by atoms with Gasteiger partial charge in [-0.1, -0.05) is 6.07 Å². The van der Waals surface area contributed by atoms with Crippen molar-refractivity contribution in [2.75, 3.05) is 32.7 Å². The summed E-state index contributed by atoms with van der Waals surface area (Å²) in [4.78, 5) is 15.8. The van der Waals surface area contributed by atoms with Gasteiger partial charge in [0.2, 0.25) is 5.91 Å². The van der Waals surface area contributed by atoms with E-state index in [0.717, 1.165) is 50.4 Å². The van der Waals surface area contributed by atoms with Crippen molar-refractivity contribution in [1.82, 2.24) is 24.4 Å². The van der Waals surface area contributed by atoms with Crippen LogP contribution in [0.3, 0.4) is 0 Å². The Bertz CT molecular complexity index is 738. The summed E-state index contributed by atoms with van der Waals surface area (Å²) in [6.07, 6.45) is 5.14. The summed E-state index contributed by atoms with van der Waals surface area (Å²) in [6.45, 7) is 3.78. The molecule has 2 aromatic rings. The number of likely N-dealkylation sites (tertiary alicyclic amines) is 2. The van der Waals surface area contributed by atoms with Crippen molar-refractivity contribution < 1.29 is 9.90 Å². The highest BCUT2D eigenvalue weighted by molar-refractivity contribution is 5.78. The number of fused-ring (bicyclic) bond motifs is 1. The summed E-state index contributed by atoms with van der Waals surface area (Å²) < 4.78 is 2.08. The quantitative estimate of drug-likeness (QED) is 0.873. The molecule has 2 saturated heterocycles. The van der Waals surface area contributed by atoms with Crippen molar-refractivity contribution in [3.63, 3.8) is 0 Å². The maximum atomic E-state index is 11.7. The third-order valence-electron chi connectivity index (χ3n) is 5.36. The SMILES string of the molecule is O=C1CCCN1CC(O)CN1CCC(c2nnc3ccccn23)CC1. The van der Waals surface area contributed by atoms with Crippen LogP contribution in [0.15, 0.2) is 24.4 Å². The maximum absolute atomic E-state index is 11.7. The summed E-state index contributed by atoms with van der Waals surface area (Å²) in [6, 6.07) is 5.95. The molecule has 4 rings (SSSR count). The van der Waals surface area contributed by atoms with Gasteiger partial charge < -0.3 is 14.9 Å². The Labute approximate surface area is 147 Å². The number of hydrogen-bond donors (Lipinski definition) is 1. The predicted octanol–water partition coefficient (Wildman–Crippen LogP) is 0.892. The molecule has 2 aromatic heterocycles. The number of β-amino-alcohol motifs (C(OH)–C–C–N with tert-alkyl or cyclic N) is 1. The molecule has 2 fully saturated rings. The molecule has 0 aromatic carbocycles. The summed E-state index contributed by atoms with van der Waals surface area (Å²) in [5, 5.41) is 18.9. The van der Waals surface area contributed by atoms with Gasteiger partial charge in [-0.3, -0.25) is 9.20 Å². The Morgan fingerprint density at radius 3 is 2.76 bits per heavy atom. The first-order valence-corrected chi connectivity index (χ1v) is 9.18. The first-order valence-electron chi connectivity index (χ1n) is 9.18. The molecule has 1 amide bonds. The summed E-state index contributed by atoms with van der Waals surface area (Å²) >= 11 is 0. The third kappa shape index (κ3) is 3.52. The van der Waals surface area contributed by atoms with E-state index in [1.807, 2.05) is 24.4 Å². The van der Waals surface area contributed by atoms with Gasteiger partial charge in [0, 0.05) is 38.2 Å². The fourth-order valence-electron chi connectivity index (χ4n) is 4.02. The molecule has 0 saturated carbocycles. The summed E-state index contributed by atoms with van der Waals surface area (Å²) in [5.41, 5.74) is 0.894. The minimum Gasteiger partial charge on any atom is -0.390 e. The molecule has 2 aliphatic heterocycles. The van der Waals surface area contributed by atoms with Crippen molar-refractivity contribution in [3.8, 4) is 0 Å². The van der Waals surface area contributed by atoms with E-state index in [4.69, 9.17) is 0 Å². The van der Waals surface area contributed by atoms with Gasteiger partial charge in [-0.05, 0) is 44.5 Å². The zero-order valence-corrected chi connectivity index (χ0v) is 14.4. The van der Waals surface area contributed by atoms with Crippen LogP contribution in [0, 0.1) is 0 Å². The number of aromatic nitrogens is 3. The molecular weight excluding hydrogens is 318 g/mol. The van der Waals surface area contributed by atoms with Gasteiger partial charge >= 0.3 is 0 Å². The number of nitrogens with zero attached hydrogens (tertiary/aromatic N) is 5. The van der Waals surface area contributed by atoms with Gasteiger partial charge in [-0.25, -0.2) is 0 Å². The monoisotopic (exact) mass is 343 g/mol. The second-order valence-corrected chi connectivity index (χ2v) is 7.16. The number of rotatable bonds is 5. The smallest absolute Gasteiger partial charge is 0.222 e. The average Bonchev–Trinajstić information content (AvgIpc) is 3.22. The van der Waals surface area contributed by atoms with Crippen LogP contribution in [-0.4, -0.2) is 74.2 Å². The highest BCUT2D eigenvalue weighted by Crippen LogP contribution is 2.27. The molecule has 0 bridgehead atoms. The molecule has 1 N–H and O–H groups in total. The Morgan fingerprint density at radius 2 is 2.00 bits per heavy atom. The van der Waals surface area contributed by atoms with Crippen molar-refractivity contribution in [3.05, 3.63) is 30.2 Å². The first kappa shape index (κ1) is 16.5. The van der Waals surface area contributed by atoms with E-state index in [0.29, 0.717) is 25.4 Å². The van der Waals surface area contributed by atoms with Crippen molar-refractivity contribution in [2.24, 2.45) is 0 Å². The van der Waals surface area contributed by atoms with E-state index in [-0.39, 0.29) is 5.91 Å².